The van der Waals surface area contributed by atoms with Crippen molar-refractivity contribution in [2.24, 2.45) is 0 Å². The highest BCUT2D eigenvalue weighted by Crippen LogP contribution is 2.33. The fourth-order valence-electron chi connectivity index (χ4n) is 2.94. The van der Waals surface area contributed by atoms with Crippen LogP contribution >= 0.6 is 10.0 Å². The predicted octanol–water partition coefficient (Wildman–Crippen LogP) is 3.42. The quantitative estimate of drug-likeness (QED) is 0.531. The summed E-state index contributed by atoms with van der Waals surface area (Å²) in [6.45, 7) is 5.70. The normalized spacial score (nSPS) is 14.3. The van der Waals surface area contributed by atoms with Crippen LogP contribution in [0.15, 0.2) is 24.5 Å². The summed E-state index contributed by atoms with van der Waals surface area (Å²) in [6, 6.07) is 5.57. The lowest BCUT2D eigenvalue weighted by atomic mass is 10.1. The lowest BCUT2D eigenvalue weighted by Crippen LogP contribution is -2.27. The molecule has 1 aromatic heterocycles. The van der Waals surface area contributed by atoms with Gasteiger partial charge in [0.05, 0.1) is 23.5 Å². The molecular formula is C22H27N3O3S. The third-order valence-electron chi connectivity index (χ3n) is 4.18. The van der Waals surface area contributed by atoms with Crippen LogP contribution in [0.2, 0.25) is 0 Å². The van der Waals surface area contributed by atoms with E-state index in [4.69, 9.17) is 4.74 Å². The summed E-state index contributed by atoms with van der Waals surface area (Å²) in [5, 5.41) is 3.27. The van der Waals surface area contributed by atoms with E-state index in [0.29, 0.717) is 16.9 Å². The van der Waals surface area contributed by atoms with Crippen molar-refractivity contribution in [2.45, 2.75) is 32.9 Å². The van der Waals surface area contributed by atoms with Gasteiger partial charge in [0.25, 0.3) is 5.91 Å². The van der Waals surface area contributed by atoms with E-state index in [1.807, 2.05) is 39.0 Å². The predicted molar refractivity (Wildman–Crippen MR) is 117 cm³/mol. The van der Waals surface area contributed by atoms with Crippen molar-refractivity contribution in [3.63, 3.8) is 0 Å². The first-order valence-electron chi connectivity index (χ1n) is 9.26. The number of imidazole rings is 1. The smallest absolute Gasteiger partial charge is 0.359 e. The molecule has 1 amide bonds. The number of rotatable bonds is 1. The number of hydrogen-bond acceptors (Lipinski definition) is 4. The first-order chi connectivity index (χ1) is 13.4. The van der Waals surface area contributed by atoms with Crippen LogP contribution in [0.25, 0.3) is 5.69 Å². The minimum Gasteiger partial charge on any atom is -0.455 e. The molecule has 0 saturated carbocycles. The monoisotopic (exact) mass is 413 g/mol. The molecule has 0 N–H and O–H groups in total. The molecule has 0 unspecified atom stereocenters. The Bertz CT molecular complexity index is 1050. The molecule has 29 heavy (non-hydrogen) atoms. The van der Waals surface area contributed by atoms with E-state index in [9.17, 15) is 9.59 Å². The minimum absolute atomic E-state index is 0.120. The van der Waals surface area contributed by atoms with Crippen molar-refractivity contribution in [3.05, 3.63) is 47.0 Å². The van der Waals surface area contributed by atoms with Gasteiger partial charge < -0.3 is 9.64 Å². The Morgan fingerprint density at radius 3 is 2.55 bits per heavy atom. The number of amides is 1. The third-order valence-corrected chi connectivity index (χ3v) is 4.89. The van der Waals surface area contributed by atoms with Crippen molar-refractivity contribution in [1.29, 1.82) is 0 Å². The molecular weight excluding hydrogens is 386 g/mol. The Morgan fingerprint density at radius 2 is 1.93 bits per heavy atom. The molecule has 0 fully saturated rings. The van der Waals surface area contributed by atoms with Crippen molar-refractivity contribution < 1.29 is 14.3 Å². The molecule has 0 bridgehead atoms. The molecule has 0 spiro atoms. The van der Waals surface area contributed by atoms with Crippen molar-refractivity contribution in [3.8, 4) is 16.9 Å². The number of aromatic nitrogens is 2. The van der Waals surface area contributed by atoms with Gasteiger partial charge in [0.1, 0.15) is 11.9 Å². The second-order valence-corrected chi connectivity index (χ2v) is 12.7. The molecule has 3 rings (SSSR count). The second kappa shape index (κ2) is 7.27. The van der Waals surface area contributed by atoms with Gasteiger partial charge in [-0.15, -0.1) is 0 Å². The zero-order valence-electron chi connectivity index (χ0n) is 18.0. The maximum absolute atomic E-state index is 13.0. The molecule has 7 heteroatoms. The van der Waals surface area contributed by atoms with Gasteiger partial charge in [-0.3, -0.25) is 9.36 Å². The Morgan fingerprint density at radius 1 is 1.24 bits per heavy atom. The van der Waals surface area contributed by atoms with Gasteiger partial charge in [-0.25, -0.2) is 9.78 Å². The van der Waals surface area contributed by atoms with Gasteiger partial charge in [-0.1, -0.05) is 5.92 Å². The topological polar surface area (TPSA) is 64.4 Å². The Hall–Kier alpha value is -2.72. The molecule has 1 aliphatic rings. The summed E-state index contributed by atoms with van der Waals surface area (Å²) >= 11 is 0. The minimum atomic E-state index is -0.968. The number of benzene rings is 1. The molecule has 6 nitrogen and oxygen atoms in total. The van der Waals surface area contributed by atoms with E-state index >= 15 is 0 Å². The van der Waals surface area contributed by atoms with Gasteiger partial charge in [-0.2, -0.15) is 10.0 Å². The number of ether oxygens (including phenoxy) is 1. The number of nitrogens with zero attached hydrogens (tertiary/aromatic N) is 3. The fourth-order valence-corrected chi connectivity index (χ4v) is 3.36. The Labute approximate surface area is 173 Å². The number of fused-ring (bicyclic) bond motifs is 3. The van der Waals surface area contributed by atoms with E-state index in [-0.39, 0.29) is 18.1 Å². The molecule has 2 heterocycles. The Kier molecular flexibility index (Phi) is 5.26. The molecule has 154 valence electrons. The maximum atomic E-state index is 13.0. The van der Waals surface area contributed by atoms with Crippen LogP contribution in [0.5, 0.6) is 0 Å². The number of carbonyl (C=O) groups excluding carboxylic acids is 2. The zero-order valence-corrected chi connectivity index (χ0v) is 18.8. The molecule has 0 saturated heterocycles. The highest BCUT2D eigenvalue weighted by molar-refractivity contribution is 8.35. The molecule has 0 radical (unpaired) electrons. The third kappa shape index (κ3) is 4.65. The number of hydrogen-bond donors (Lipinski definition) is 0. The van der Waals surface area contributed by atoms with Crippen LogP contribution in [0.1, 0.15) is 52.9 Å². The van der Waals surface area contributed by atoms with Gasteiger partial charge in [-0.05, 0) is 63.0 Å². The van der Waals surface area contributed by atoms with Crippen LogP contribution < -0.4 is 0 Å². The van der Waals surface area contributed by atoms with Crippen LogP contribution in [-0.2, 0) is 11.3 Å². The van der Waals surface area contributed by atoms with E-state index in [0.717, 1.165) is 5.56 Å². The van der Waals surface area contributed by atoms with Crippen molar-refractivity contribution >= 4 is 21.9 Å². The molecule has 0 aliphatic carbocycles. The lowest BCUT2D eigenvalue weighted by Gasteiger charge is -2.19. The first kappa shape index (κ1) is 21.0. The number of carbonyl (C=O) groups is 2. The van der Waals surface area contributed by atoms with Gasteiger partial charge >= 0.3 is 5.97 Å². The number of esters is 1. The highest BCUT2D eigenvalue weighted by atomic mass is 32.3. The van der Waals surface area contributed by atoms with Gasteiger partial charge in [0.2, 0.25) is 0 Å². The summed E-state index contributed by atoms with van der Waals surface area (Å²) in [5.74, 6) is 2.57. The summed E-state index contributed by atoms with van der Waals surface area (Å²) < 4.78 is 7.28. The summed E-state index contributed by atoms with van der Waals surface area (Å²) in [6.07, 6.45) is 7.94. The van der Waals surface area contributed by atoms with E-state index in [1.165, 1.54) is 0 Å². The average Bonchev–Trinajstić information content (AvgIpc) is 2.96. The maximum Gasteiger partial charge on any atom is 0.359 e. The Balaban J connectivity index is 2.10. The largest absolute Gasteiger partial charge is 0.455 e. The van der Waals surface area contributed by atoms with Crippen molar-refractivity contribution in [2.75, 3.05) is 25.8 Å². The molecule has 1 aromatic carbocycles. The molecule has 0 atom stereocenters. The molecule has 1 aliphatic heterocycles. The SMILES string of the molecule is CN1Cc2c(C(=O)OC(C)(C)C)ncn2-c2ccc(C#CS(C)(C)C)cc2C1=O. The van der Waals surface area contributed by atoms with Crippen molar-refractivity contribution in [1.82, 2.24) is 14.5 Å². The van der Waals surface area contributed by atoms with Crippen LogP contribution in [0.3, 0.4) is 0 Å². The highest BCUT2D eigenvalue weighted by Gasteiger charge is 2.30. The first-order valence-corrected chi connectivity index (χ1v) is 12.1. The van der Waals surface area contributed by atoms with E-state index < -0.39 is 21.6 Å². The van der Waals surface area contributed by atoms with Gasteiger partial charge in [0, 0.05) is 12.6 Å². The fraction of sp³-hybridized carbons (Fsp3) is 0.409. The second-order valence-electron chi connectivity index (χ2n) is 8.87. The van der Waals surface area contributed by atoms with Gasteiger partial charge in [0.15, 0.2) is 5.69 Å². The summed E-state index contributed by atoms with van der Waals surface area (Å²) in [4.78, 5) is 31.5. The summed E-state index contributed by atoms with van der Waals surface area (Å²) in [7, 11) is 0.746. The standard InChI is InChI=1S/C22H27N3O3S/c1-22(2,3)28-21(27)19-18-13-24(4)20(26)16-12-15(10-11-29(5,6)7)8-9-17(16)25(18)14-23-19/h8-9,12,14H,13H2,1-7H3. The lowest BCUT2D eigenvalue weighted by molar-refractivity contribution is 0.00608. The average molecular weight is 414 g/mol. The van der Waals surface area contributed by atoms with Crippen LogP contribution in [0, 0.1) is 11.2 Å². The van der Waals surface area contributed by atoms with Crippen LogP contribution in [-0.4, -0.2) is 57.7 Å². The van der Waals surface area contributed by atoms with E-state index in [2.05, 4.69) is 34.9 Å². The van der Waals surface area contributed by atoms with Crippen LogP contribution in [0.4, 0.5) is 0 Å². The zero-order chi connectivity index (χ0) is 21.6. The summed E-state index contributed by atoms with van der Waals surface area (Å²) in [5.41, 5.74) is 2.25. The van der Waals surface area contributed by atoms with E-state index in [1.54, 1.807) is 22.8 Å². The molecule has 2 aromatic rings.